The molecular formula is C34H42F3N5O4. The molecule has 2 atom stereocenters. The summed E-state index contributed by atoms with van der Waals surface area (Å²) in [6, 6.07) is 10.4. The summed E-state index contributed by atoms with van der Waals surface area (Å²) in [5.41, 5.74) is 1.96. The molecule has 248 valence electrons. The van der Waals surface area contributed by atoms with E-state index >= 15 is 0 Å². The van der Waals surface area contributed by atoms with Crippen LogP contribution in [-0.4, -0.2) is 85.2 Å². The molecule has 2 aromatic rings. The van der Waals surface area contributed by atoms with Crippen LogP contribution >= 0.6 is 0 Å². The van der Waals surface area contributed by atoms with Gasteiger partial charge in [-0.2, -0.15) is 13.2 Å². The van der Waals surface area contributed by atoms with E-state index in [1.54, 1.807) is 41.0 Å². The minimum absolute atomic E-state index is 0.194. The number of benzene rings is 2. The van der Waals surface area contributed by atoms with E-state index in [0.717, 1.165) is 25.0 Å². The van der Waals surface area contributed by atoms with Gasteiger partial charge in [-0.1, -0.05) is 25.5 Å². The molecule has 6 rings (SSSR count). The lowest BCUT2D eigenvalue weighted by molar-refractivity contribution is -0.137. The second-order valence-electron chi connectivity index (χ2n) is 12.8. The zero-order valence-electron chi connectivity index (χ0n) is 26.5. The van der Waals surface area contributed by atoms with Crippen molar-refractivity contribution in [2.75, 3.05) is 63.1 Å². The summed E-state index contributed by atoms with van der Waals surface area (Å²) in [7, 11) is 0. The van der Waals surface area contributed by atoms with E-state index in [4.69, 9.17) is 4.74 Å². The van der Waals surface area contributed by atoms with E-state index in [9.17, 15) is 27.6 Å². The quantitative estimate of drug-likeness (QED) is 0.239. The first-order chi connectivity index (χ1) is 21.8. The average molecular weight is 642 g/mol. The molecule has 2 N–H and O–H groups in total. The van der Waals surface area contributed by atoms with E-state index in [2.05, 4.69) is 35.5 Å². The van der Waals surface area contributed by atoms with Gasteiger partial charge in [0.2, 0.25) is 0 Å². The van der Waals surface area contributed by atoms with Gasteiger partial charge < -0.3 is 25.2 Å². The highest BCUT2D eigenvalue weighted by molar-refractivity contribution is 5.92. The minimum Gasteiger partial charge on any atom is -0.462 e. The average Bonchev–Trinajstić information content (AvgIpc) is 3.03. The number of rotatable bonds is 9. The van der Waals surface area contributed by atoms with Crippen molar-refractivity contribution in [3.63, 3.8) is 0 Å². The van der Waals surface area contributed by atoms with Crippen molar-refractivity contribution < 1.29 is 32.3 Å². The number of piperazine rings is 1. The number of hydrogen-bond acceptors (Lipinski definition) is 5. The van der Waals surface area contributed by atoms with Crippen LogP contribution in [0.1, 0.15) is 49.5 Å². The van der Waals surface area contributed by atoms with Crippen LogP contribution in [0.4, 0.5) is 34.1 Å². The van der Waals surface area contributed by atoms with Crippen molar-refractivity contribution in [1.82, 2.24) is 14.7 Å². The number of ether oxygens (including phenoxy) is 1. The largest absolute Gasteiger partial charge is 0.462 e. The number of allylic oxidation sites excluding steroid dienone is 1. The molecular weight excluding hydrogens is 599 g/mol. The standard InChI is InChI=1S/C34H42F3N5O4/c1-4-46-30(43)23-6-11-27(12-7-23)38-31(44)41-18-15-40(16-19-41)17-20-42(22-24-5-8-26-21-29(24)33(26,2)3)32(45)39-28-13-9-25(10-14-28)34(35,36)37/h5-7,9-14,26,29H,4,8,15-22H2,1-3H3,(H,38,44)(H,39,45). The number of anilines is 2. The maximum Gasteiger partial charge on any atom is 0.416 e. The number of nitrogens with one attached hydrogen (secondary N) is 2. The molecule has 3 aliphatic carbocycles. The number of amides is 4. The number of fused-ring (bicyclic) bond motifs is 1. The second kappa shape index (κ2) is 13.7. The predicted molar refractivity (Wildman–Crippen MR) is 170 cm³/mol. The Labute approximate surface area is 267 Å². The maximum absolute atomic E-state index is 13.5. The van der Waals surface area contributed by atoms with Crippen LogP contribution in [-0.2, 0) is 10.9 Å². The smallest absolute Gasteiger partial charge is 0.416 e. The topological polar surface area (TPSA) is 94.2 Å². The summed E-state index contributed by atoms with van der Waals surface area (Å²) in [5.74, 6) is 0.660. The van der Waals surface area contributed by atoms with Gasteiger partial charge in [0.15, 0.2) is 0 Å². The fraction of sp³-hybridized carbons (Fsp3) is 0.500. The van der Waals surface area contributed by atoms with E-state index in [0.29, 0.717) is 74.6 Å². The highest BCUT2D eigenvalue weighted by Gasteiger charge is 2.51. The summed E-state index contributed by atoms with van der Waals surface area (Å²) < 4.78 is 44.1. The molecule has 0 spiro atoms. The third-order valence-electron chi connectivity index (χ3n) is 9.70. The number of alkyl halides is 3. The molecule has 0 radical (unpaired) electrons. The monoisotopic (exact) mass is 641 g/mol. The number of carbonyl (C=O) groups excluding carboxylic acids is 3. The molecule has 2 aromatic carbocycles. The maximum atomic E-state index is 13.5. The Morgan fingerprint density at radius 2 is 1.59 bits per heavy atom. The number of carbonyl (C=O) groups is 3. The Morgan fingerprint density at radius 3 is 2.17 bits per heavy atom. The molecule has 1 saturated carbocycles. The van der Waals surface area contributed by atoms with Gasteiger partial charge >= 0.3 is 24.2 Å². The Balaban J connectivity index is 1.15. The van der Waals surface area contributed by atoms with Crippen LogP contribution in [0.15, 0.2) is 60.2 Å². The van der Waals surface area contributed by atoms with Crippen LogP contribution < -0.4 is 10.6 Å². The normalized spacial score (nSPS) is 20.7. The van der Waals surface area contributed by atoms with Crippen molar-refractivity contribution in [2.45, 2.75) is 39.8 Å². The first kappa shape index (κ1) is 33.3. The van der Waals surface area contributed by atoms with E-state index < -0.39 is 17.7 Å². The fourth-order valence-corrected chi connectivity index (χ4v) is 6.62. The SMILES string of the molecule is CCOC(=O)c1ccc(NC(=O)N2CCN(CCN(CC3=CCC4CC3C4(C)C)C(=O)Nc3ccc(C(F)(F)F)cc3)CC2)cc1. The lowest BCUT2D eigenvalue weighted by Gasteiger charge is -2.57. The van der Waals surface area contributed by atoms with Crippen LogP contribution in [0.3, 0.4) is 0 Å². The van der Waals surface area contributed by atoms with Crippen LogP contribution in [0, 0.1) is 17.3 Å². The lowest BCUT2D eigenvalue weighted by atomic mass is 9.49. The molecule has 1 aliphatic heterocycles. The molecule has 0 aromatic heterocycles. The molecule has 1 saturated heterocycles. The zero-order chi connectivity index (χ0) is 33.1. The van der Waals surface area contributed by atoms with Gasteiger partial charge in [-0.3, -0.25) is 4.90 Å². The number of nitrogens with zero attached hydrogens (tertiary/aromatic N) is 3. The summed E-state index contributed by atoms with van der Waals surface area (Å²) in [6.45, 7) is 10.3. The van der Waals surface area contributed by atoms with Crippen molar-refractivity contribution in [2.24, 2.45) is 17.3 Å². The zero-order valence-corrected chi connectivity index (χ0v) is 26.5. The molecule has 12 heteroatoms. The van der Waals surface area contributed by atoms with Crippen molar-refractivity contribution in [3.05, 3.63) is 71.3 Å². The van der Waals surface area contributed by atoms with Crippen molar-refractivity contribution in [3.8, 4) is 0 Å². The summed E-state index contributed by atoms with van der Waals surface area (Å²) in [6.07, 6.45) is -0.0824. The van der Waals surface area contributed by atoms with E-state index in [-0.39, 0.29) is 24.1 Å². The number of esters is 1. The predicted octanol–water partition coefficient (Wildman–Crippen LogP) is 6.56. The van der Waals surface area contributed by atoms with Crippen molar-refractivity contribution in [1.29, 1.82) is 0 Å². The van der Waals surface area contributed by atoms with Gasteiger partial charge in [-0.05, 0) is 85.5 Å². The van der Waals surface area contributed by atoms with Gasteiger partial charge in [0.25, 0.3) is 0 Å². The number of halogens is 3. The van der Waals surface area contributed by atoms with Gasteiger partial charge in [-0.25, -0.2) is 14.4 Å². The van der Waals surface area contributed by atoms with Crippen LogP contribution in [0.25, 0.3) is 0 Å². The Kier molecular flexibility index (Phi) is 9.95. The van der Waals surface area contributed by atoms with Gasteiger partial charge in [0, 0.05) is 57.2 Å². The number of hydrogen-bond donors (Lipinski definition) is 2. The van der Waals surface area contributed by atoms with Gasteiger partial charge in [0.1, 0.15) is 0 Å². The lowest BCUT2D eigenvalue weighted by Crippen LogP contribution is -2.53. The minimum atomic E-state index is -4.45. The third-order valence-corrected chi connectivity index (χ3v) is 9.70. The van der Waals surface area contributed by atoms with Gasteiger partial charge in [-0.15, -0.1) is 0 Å². The molecule has 9 nitrogen and oxygen atoms in total. The van der Waals surface area contributed by atoms with Crippen LogP contribution in [0.2, 0.25) is 0 Å². The van der Waals surface area contributed by atoms with E-state index in [1.165, 1.54) is 17.7 Å². The summed E-state index contributed by atoms with van der Waals surface area (Å²) >= 11 is 0. The first-order valence-corrected chi connectivity index (χ1v) is 15.8. The molecule has 46 heavy (non-hydrogen) atoms. The highest BCUT2D eigenvalue weighted by atomic mass is 19.4. The molecule has 2 fully saturated rings. The van der Waals surface area contributed by atoms with Gasteiger partial charge in [0.05, 0.1) is 17.7 Å². The van der Waals surface area contributed by atoms with E-state index in [1.807, 2.05) is 0 Å². The molecule has 4 amide bonds. The summed E-state index contributed by atoms with van der Waals surface area (Å²) in [4.78, 5) is 43.9. The number of urea groups is 2. The third kappa shape index (κ3) is 7.66. The summed E-state index contributed by atoms with van der Waals surface area (Å²) in [5, 5.41) is 5.67. The Bertz CT molecular complexity index is 1430. The molecule has 1 heterocycles. The fourth-order valence-electron chi connectivity index (χ4n) is 6.62. The molecule has 2 bridgehead atoms. The molecule has 4 aliphatic rings. The first-order valence-electron chi connectivity index (χ1n) is 15.8. The Morgan fingerprint density at radius 1 is 0.957 bits per heavy atom. The van der Waals surface area contributed by atoms with Crippen LogP contribution in [0.5, 0.6) is 0 Å². The molecule has 2 unspecified atom stereocenters. The second-order valence-corrected chi connectivity index (χ2v) is 12.8. The van der Waals surface area contributed by atoms with Crippen molar-refractivity contribution >= 4 is 29.4 Å². The highest BCUT2D eigenvalue weighted by Crippen LogP contribution is 2.59. The Hall–Kier alpha value is -4.06.